The molecule has 5 rings (SSSR count). The van der Waals surface area contributed by atoms with Crippen LogP contribution in [0.5, 0.6) is 0 Å². The Bertz CT molecular complexity index is 977. The molecule has 3 aliphatic rings. The van der Waals surface area contributed by atoms with Gasteiger partial charge in [-0.05, 0) is 30.9 Å². The van der Waals surface area contributed by atoms with Crippen LogP contribution in [0, 0.1) is 11.8 Å². The number of rotatable bonds is 3. The van der Waals surface area contributed by atoms with Crippen LogP contribution in [0.15, 0.2) is 30.5 Å². The number of H-pyrrole nitrogens is 1. The lowest BCUT2D eigenvalue weighted by molar-refractivity contribution is -0.130. The Balaban J connectivity index is 1.32. The van der Waals surface area contributed by atoms with Crippen molar-refractivity contribution in [1.82, 2.24) is 14.9 Å². The Kier molecular flexibility index (Phi) is 5.40. The number of carbonyl (C=O) groups is 2. The number of aromatic nitrogens is 2. The first-order valence-corrected chi connectivity index (χ1v) is 11.0. The molecular formula is C23H27N3O5. The molecular weight excluding hydrogens is 398 g/mol. The number of aromatic amines is 1. The molecule has 2 fully saturated rings. The van der Waals surface area contributed by atoms with E-state index in [0.717, 1.165) is 17.5 Å². The molecule has 1 amide bonds. The van der Waals surface area contributed by atoms with Gasteiger partial charge in [-0.3, -0.25) is 4.79 Å². The Morgan fingerprint density at radius 1 is 1.26 bits per heavy atom. The number of ether oxygens (including phenoxy) is 3. The van der Waals surface area contributed by atoms with Crippen LogP contribution in [0.3, 0.4) is 0 Å². The molecule has 1 aromatic carbocycles. The highest BCUT2D eigenvalue weighted by Crippen LogP contribution is 2.40. The van der Waals surface area contributed by atoms with Crippen molar-refractivity contribution in [3.05, 3.63) is 36.4 Å². The number of amides is 1. The van der Waals surface area contributed by atoms with Gasteiger partial charge in [0, 0.05) is 19.5 Å². The number of carbonyl (C=O) groups excluding carboxylic acids is 2. The zero-order chi connectivity index (χ0) is 21.4. The molecule has 3 heterocycles. The number of Topliss-reactive ketones (excluding diaryl/α,β-unsaturated/α-hetero) is 1. The van der Waals surface area contributed by atoms with Gasteiger partial charge in [0.15, 0.2) is 5.78 Å². The van der Waals surface area contributed by atoms with Crippen LogP contribution >= 0.6 is 0 Å². The van der Waals surface area contributed by atoms with E-state index < -0.39 is 0 Å². The molecule has 4 atom stereocenters. The first-order chi connectivity index (χ1) is 15.1. The number of morpholine rings is 1. The number of ketones is 1. The van der Waals surface area contributed by atoms with Gasteiger partial charge in [-0.25, -0.2) is 9.78 Å². The summed E-state index contributed by atoms with van der Waals surface area (Å²) in [6, 6.07) is 7.69. The van der Waals surface area contributed by atoms with Crippen LogP contribution in [-0.4, -0.2) is 65.3 Å². The van der Waals surface area contributed by atoms with Crippen molar-refractivity contribution in [2.75, 3.05) is 26.3 Å². The highest BCUT2D eigenvalue weighted by molar-refractivity contribution is 6.21. The highest BCUT2D eigenvalue weighted by atomic mass is 16.6. The molecule has 31 heavy (non-hydrogen) atoms. The first kappa shape index (κ1) is 20.1. The van der Waals surface area contributed by atoms with Gasteiger partial charge in [0.25, 0.3) is 0 Å². The van der Waals surface area contributed by atoms with E-state index in [1.54, 1.807) is 4.90 Å². The van der Waals surface area contributed by atoms with E-state index in [4.69, 9.17) is 14.2 Å². The second kappa shape index (κ2) is 8.34. The lowest BCUT2D eigenvalue weighted by Crippen LogP contribution is -2.48. The zero-order valence-corrected chi connectivity index (χ0v) is 17.6. The second-order valence-corrected chi connectivity index (χ2v) is 8.44. The quantitative estimate of drug-likeness (QED) is 0.812. The standard InChI is InChI=1S/C23H27N3O5/c1-2-14-11-15-20(12-19(14)31-23(28)26-7-9-29-10-8-26)30-13-16(21(15)27)22-24-17-5-3-4-6-18(17)25-22/h3-6,13-15,19-20H,2,7-12H2,1H3,(H,24,25). The Labute approximate surface area is 180 Å². The third kappa shape index (κ3) is 3.80. The van der Waals surface area contributed by atoms with Gasteiger partial charge < -0.3 is 24.1 Å². The maximum absolute atomic E-state index is 13.3. The minimum atomic E-state index is -0.300. The number of nitrogens with zero attached hydrogens (tertiary/aromatic N) is 2. The lowest BCUT2D eigenvalue weighted by atomic mass is 9.72. The van der Waals surface area contributed by atoms with Crippen molar-refractivity contribution in [2.24, 2.45) is 11.8 Å². The van der Waals surface area contributed by atoms with Gasteiger partial charge in [0.2, 0.25) is 0 Å². The largest absolute Gasteiger partial charge is 0.496 e. The van der Waals surface area contributed by atoms with E-state index >= 15 is 0 Å². The number of hydrogen-bond acceptors (Lipinski definition) is 6. The summed E-state index contributed by atoms with van der Waals surface area (Å²) in [5.41, 5.74) is 2.19. The molecule has 1 saturated carbocycles. The van der Waals surface area contributed by atoms with Crippen LogP contribution in [0.1, 0.15) is 32.0 Å². The number of fused-ring (bicyclic) bond motifs is 2. The van der Waals surface area contributed by atoms with Gasteiger partial charge in [0.1, 0.15) is 18.0 Å². The molecule has 164 valence electrons. The predicted molar refractivity (Wildman–Crippen MR) is 113 cm³/mol. The van der Waals surface area contributed by atoms with Crippen LogP contribution in [0.2, 0.25) is 0 Å². The highest BCUT2D eigenvalue weighted by Gasteiger charge is 2.46. The van der Waals surface area contributed by atoms with E-state index in [1.165, 1.54) is 6.26 Å². The van der Waals surface area contributed by atoms with E-state index in [2.05, 4.69) is 16.9 Å². The van der Waals surface area contributed by atoms with Crippen molar-refractivity contribution >= 4 is 28.5 Å². The van der Waals surface area contributed by atoms with Crippen LogP contribution < -0.4 is 0 Å². The van der Waals surface area contributed by atoms with Crippen molar-refractivity contribution in [3.63, 3.8) is 0 Å². The Hall–Kier alpha value is -2.87. The number of nitrogens with one attached hydrogen (secondary N) is 1. The number of allylic oxidation sites excluding steroid dienone is 1. The number of hydrogen-bond donors (Lipinski definition) is 1. The van der Waals surface area contributed by atoms with Gasteiger partial charge in [-0.1, -0.05) is 19.1 Å². The van der Waals surface area contributed by atoms with Crippen molar-refractivity contribution in [1.29, 1.82) is 0 Å². The smallest absolute Gasteiger partial charge is 0.410 e. The topological polar surface area (TPSA) is 93.8 Å². The Morgan fingerprint density at radius 3 is 2.84 bits per heavy atom. The van der Waals surface area contributed by atoms with Gasteiger partial charge >= 0.3 is 6.09 Å². The fourth-order valence-corrected chi connectivity index (χ4v) is 4.83. The normalized spacial score (nSPS) is 28.6. The molecule has 1 N–H and O–H groups in total. The number of benzene rings is 1. The SMILES string of the molecule is CCC1CC2C(=O)C(c3nc4ccccc4[nH]3)=COC2CC1OC(=O)N1CCOCC1. The van der Waals surface area contributed by atoms with Gasteiger partial charge in [-0.2, -0.15) is 0 Å². The number of imidazole rings is 1. The summed E-state index contributed by atoms with van der Waals surface area (Å²) in [7, 11) is 0. The average Bonchev–Trinajstić information content (AvgIpc) is 3.23. The van der Waals surface area contributed by atoms with E-state index in [0.29, 0.717) is 50.5 Å². The fourth-order valence-electron chi connectivity index (χ4n) is 4.83. The van der Waals surface area contributed by atoms with E-state index in [1.807, 2.05) is 24.3 Å². The number of para-hydroxylation sites is 2. The van der Waals surface area contributed by atoms with Crippen molar-refractivity contribution in [2.45, 2.75) is 38.4 Å². The predicted octanol–water partition coefficient (Wildman–Crippen LogP) is 3.15. The molecule has 8 nitrogen and oxygen atoms in total. The second-order valence-electron chi connectivity index (χ2n) is 8.44. The van der Waals surface area contributed by atoms with E-state index in [-0.39, 0.29) is 35.9 Å². The summed E-state index contributed by atoms with van der Waals surface area (Å²) < 4.78 is 17.2. The van der Waals surface area contributed by atoms with Crippen LogP contribution in [0.25, 0.3) is 16.6 Å². The maximum Gasteiger partial charge on any atom is 0.410 e. The molecule has 1 aromatic heterocycles. The molecule has 2 aliphatic heterocycles. The zero-order valence-electron chi connectivity index (χ0n) is 17.6. The fraction of sp³-hybridized carbons (Fsp3) is 0.522. The molecule has 2 aromatic rings. The lowest BCUT2D eigenvalue weighted by Gasteiger charge is -2.42. The summed E-state index contributed by atoms with van der Waals surface area (Å²) in [5.74, 6) is 0.454. The van der Waals surface area contributed by atoms with E-state index in [9.17, 15) is 9.59 Å². The minimum Gasteiger partial charge on any atom is -0.496 e. The molecule has 4 unspecified atom stereocenters. The molecule has 1 saturated heterocycles. The summed E-state index contributed by atoms with van der Waals surface area (Å²) in [4.78, 5) is 35.4. The monoisotopic (exact) mass is 425 g/mol. The third-order valence-electron chi connectivity index (χ3n) is 6.65. The summed E-state index contributed by atoms with van der Waals surface area (Å²) in [6.45, 7) is 4.24. The minimum absolute atomic E-state index is 0.0479. The van der Waals surface area contributed by atoms with Gasteiger partial charge in [-0.15, -0.1) is 0 Å². The van der Waals surface area contributed by atoms with Crippen molar-refractivity contribution in [3.8, 4) is 0 Å². The maximum atomic E-state index is 13.3. The summed E-state index contributed by atoms with van der Waals surface area (Å²) in [5, 5.41) is 0. The molecule has 8 heteroatoms. The molecule has 1 aliphatic carbocycles. The van der Waals surface area contributed by atoms with Crippen LogP contribution in [-0.2, 0) is 19.0 Å². The molecule has 0 spiro atoms. The third-order valence-corrected chi connectivity index (χ3v) is 6.65. The average molecular weight is 425 g/mol. The molecule has 0 bridgehead atoms. The summed E-state index contributed by atoms with van der Waals surface area (Å²) >= 11 is 0. The van der Waals surface area contributed by atoms with Gasteiger partial charge in [0.05, 0.1) is 42.0 Å². The molecule has 0 radical (unpaired) electrons. The summed E-state index contributed by atoms with van der Waals surface area (Å²) in [6.07, 6.45) is 2.68. The first-order valence-electron chi connectivity index (χ1n) is 11.0. The Morgan fingerprint density at radius 2 is 2.06 bits per heavy atom. The van der Waals surface area contributed by atoms with Crippen LogP contribution in [0.4, 0.5) is 4.79 Å². The van der Waals surface area contributed by atoms with Crippen molar-refractivity contribution < 1.29 is 23.8 Å².